The first-order chi connectivity index (χ1) is 18.9. The fraction of sp³-hybridized carbons (Fsp3) is 0.370. The van der Waals surface area contributed by atoms with Crippen molar-refractivity contribution in [2.75, 3.05) is 23.9 Å². The molecule has 2 aromatic heterocycles. The largest absolute Gasteiger partial charge is 0.493 e. The molecule has 4 heterocycles. The molecule has 2 aromatic rings. The van der Waals surface area contributed by atoms with Crippen molar-refractivity contribution in [3.63, 3.8) is 0 Å². The number of halogens is 1. The van der Waals surface area contributed by atoms with E-state index < -0.39 is 11.9 Å². The fourth-order valence-corrected chi connectivity index (χ4v) is 5.92. The maximum absolute atomic E-state index is 11.3. The van der Waals surface area contributed by atoms with Crippen LogP contribution in [0.5, 0.6) is 0 Å². The Morgan fingerprint density at radius 1 is 1.28 bits per heavy atom. The number of hydrogen-bond acceptors (Lipinski definition) is 9. The molecule has 12 heteroatoms. The van der Waals surface area contributed by atoms with E-state index in [1.807, 2.05) is 0 Å². The van der Waals surface area contributed by atoms with Crippen LogP contribution in [0, 0.1) is 23.2 Å². The van der Waals surface area contributed by atoms with E-state index in [4.69, 9.17) is 21.7 Å². The number of hydrazine groups is 1. The second-order valence-electron chi connectivity index (χ2n) is 10.2. The number of anilines is 2. The zero-order chi connectivity index (χ0) is 27.1. The van der Waals surface area contributed by atoms with E-state index in [0.29, 0.717) is 46.9 Å². The van der Waals surface area contributed by atoms with E-state index in [0.717, 1.165) is 30.7 Å². The molecule has 0 bridgehead atoms. The highest BCUT2D eigenvalue weighted by molar-refractivity contribution is 6.30. The predicted molar refractivity (Wildman–Crippen MR) is 147 cm³/mol. The number of carboxylic acid groups (broad SMARTS) is 1. The number of ether oxygens (including phenoxy) is 1. The summed E-state index contributed by atoms with van der Waals surface area (Å²) in [5.74, 6) is 1.63. The summed E-state index contributed by atoms with van der Waals surface area (Å²) in [4.78, 5) is 24.8. The van der Waals surface area contributed by atoms with Crippen LogP contribution in [0.4, 0.5) is 16.3 Å². The van der Waals surface area contributed by atoms with E-state index in [2.05, 4.69) is 67.2 Å². The Morgan fingerprint density at radius 3 is 2.92 bits per heavy atom. The average molecular weight is 549 g/mol. The molecule has 0 saturated carbocycles. The van der Waals surface area contributed by atoms with Gasteiger partial charge in [0, 0.05) is 42.3 Å². The highest BCUT2D eigenvalue weighted by atomic mass is 35.5. The molecule has 4 aliphatic rings. The Hall–Kier alpha value is -4.12. The van der Waals surface area contributed by atoms with Crippen molar-refractivity contribution >= 4 is 35.0 Å². The monoisotopic (exact) mass is 548 g/mol. The predicted octanol–water partition coefficient (Wildman–Crippen LogP) is 4.63. The van der Waals surface area contributed by atoms with Crippen LogP contribution >= 0.6 is 11.6 Å². The Kier molecular flexibility index (Phi) is 6.59. The number of fused-ring (bicyclic) bond motifs is 1. The lowest BCUT2D eigenvalue weighted by molar-refractivity contribution is 0.0308. The zero-order valence-electron chi connectivity index (χ0n) is 21.3. The summed E-state index contributed by atoms with van der Waals surface area (Å²) in [7, 11) is 0. The third-order valence-corrected chi connectivity index (χ3v) is 7.84. The highest BCUT2D eigenvalue weighted by Gasteiger charge is 2.43. The van der Waals surface area contributed by atoms with Crippen molar-refractivity contribution in [2.45, 2.75) is 32.2 Å². The van der Waals surface area contributed by atoms with Crippen LogP contribution in [0.1, 0.15) is 32.0 Å². The van der Waals surface area contributed by atoms with Crippen LogP contribution in [0.3, 0.4) is 0 Å². The van der Waals surface area contributed by atoms with Crippen molar-refractivity contribution in [1.29, 1.82) is 5.41 Å². The lowest BCUT2D eigenvalue weighted by Gasteiger charge is -2.49. The van der Waals surface area contributed by atoms with E-state index >= 15 is 0 Å². The minimum Gasteiger partial charge on any atom is -0.493 e. The Labute approximate surface area is 230 Å². The van der Waals surface area contributed by atoms with Crippen LogP contribution in [0.2, 0.25) is 5.02 Å². The van der Waals surface area contributed by atoms with Crippen molar-refractivity contribution < 1.29 is 14.6 Å². The summed E-state index contributed by atoms with van der Waals surface area (Å²) >= 11 is 6.27. The van der Waals surface area contributed by atoms with Crippen molar-refractivity contribution in [2.24, 2.45) is 17.8 Å². The van der Waals surface area contributed by atoms with Gasteiger partial charge in [0.15, 0.2) is 17.5 Å². The smallest absolute Gasteiger partial charge is 0.410 e. The molecule has 0 aromatic carbocycles. The standard InChI is InChI=1S/C27H29ClN8O3/c1-14-7-8-16-11-31-21-20(17-9-18(28)12-30-10-17)32-26(24(29)33-27(37)38)34-25(21)35-36-19(13-39-23(14)22(16)36)15-5-3-2-4-6-15/h2-5,9-10,12,14-16,19,31H,6-8,11,13H2,1H3,(H2,29,33)(H,37,38)(H,32,34,35)/t14-,15?,16+,19+/m1/s1. The molecule has 6 rings (SSSR count). The van der Waals surface area contributed by atoms with Gasteiger partial charge in [0.1, 0.15) is 23.7 Å². The summed E-state index contributed by atoms with van der Waals surface area (Å²) in [6, 6.07) is 1.73. The molecular weight excluding hydrogens is 520 g/mol. The summed E-state index contributed by atoms with van der Waals surface area (Å²) in [5.41, 5.74) is 6.41. The molecule has 202 valence electrons. The van der Waals surface area contributed by atoms with Gasteiger partial charge in [0.25, 0.3) is 0 Å². The molecule has 0 fully saturated rings. The topological polar surface area (TPSA) is 148 Å². The minimum atomic E-state index is -1.37. The minimum absolute atomic E-state index is 0.00463. The third-order valence-electron chi connectivity index (χ3n) is 7.64. The molecule has 5 N–H and O–H groups in total. The van der Waals surface area contributed by atoms with Crippen LogP contribution in [0.25, 0.3) is 11.3 Å². The lowest BCUT2D eigenvalue weighted by atomic mass is 9.81. The van der Waals surface area contributed by atoms with Crippen LogP contribution < -0.4 is 16.1 Å². The fourth-order valence-electron chi connectivity index (χ4n) is 5.75. The normalized spacial score (nSPS) is 25.2. The van der Waals surface area contributed by atoms with Gasteiger partial charge >= 0.3 is 6.09 Å². The number of amides is 1. The Balaban J connectivity index is 1.51. The van der Waals surface area contributed by atoms with E-state index in [9.17, 15) is 9.90 Å². The molecule has 11 nitrogen and oxygen atoms in total. The maximum atomic E-state index is 11.3. The van der Waals surface area contributed by atoms with Crippen molar-refractivity contribution in [3.8, 4) is 11.3 Å². The highest BCUT2D eigenvalue weighted by Crippen LogP contribution is 2.45. The maximum Gasteiger partial charge on any atom is 0.410 e. The van der Waals surface area contributed by atoms with Gasteiger partial charge in [-0.1, -0.05) is 42.8 Å². The summed E-state index contributed by atoms with van der Waals surface area (Å²) in [6.45, 7) is 3.35. The molecule has 1 unspecified atom stereocenters. The molecule has 0 saturated heterocycles. The molecule has 0 radical (unpaired) electrons. The first-order valence-electron chi connectivity index (χ1n) is 13.0. The SMILES string of the molecule is C[C@@H]1CC[C@H]2CNc3c(nc(C(=N)NC(=O)O)nc3-c3cncc(Cl)c3)NN3C2=C1OC[C@H]3C1C=CC=CC1. The average Bonchev–Trinajstić information content (AvgIpc) is 2.92. The Morgan fingerprint density at radius 2 is 2.15 bits per heavy atom. The number of carbonyl (C=O) groups is 1. The first kappa shape index (κ1) is 25.2. The molecule has 4 atom stereocenters. The van der Waals surface area contributed by atoms with Crippen molar-refractivity contribution in [1.82, 2.24) is 25.3 Å². The van der Waals surface area contributed by atoms with Gasteiger partial charge in [0.05, 0.1) is 16.8 Å². The van der Waals surface area contributed by atoms with E-state index in [1.165, 1.54) is 6.20 Å². The zero-order valence-corrected chi connectivity index (χ0v) is 22.1. The molecule has 39 heavy (non-hydrogen) atoms. The van der Waals surface area contributed by atoms with Crippen LogP contribution in [-0.2, 0) is 4.74 Å². The van der Waals surface area contributed by atoms with Crippen molar-refractivity contribution in [3.05, 3.63) is 65.1 Å². The van der Waals surface area contributed by atoms with E-state index in [1.54, 1.807) is 12.3 Å². The van der Waals surface area contributed by atoms with E-state index in [-0.39, 0.29) is 23.7 Å². The molecule has 1 amide bonds. The summed E-state index contributed by atoms with van der Waals surface area (Å²) in [5, 5.41) is 25.8. The molecule has 0 spiro atoms. The number of rotatable bonds is 3. The number of aromatic nitrogens is 3. The second kappa shape index (κ2) is 10.2. The summed E-state index contributed by atoms with van der Waals surface area (Å²) in [6.07, 6.45) is 13.2. The number of nitrogens with one attached hydrogen (secondary N) is 4. The number of hydrogen-bond donors (Lipinski definition) is 5. The van der Waals surface area contributed by atoms with Gasteiger partial charge in [-0.15, -0.1) is 0 Å². The number of pyridine rings is 1. The molecule has 2 aliphatic carbocycles. The number of nitrogens with zero attached hydrogens (tertiary/aromatic N) is 4. The number of allylic oxidation sites excluding steroid dienone is 4. The quantitative estimate of drug-likeness (QED) is 0.273. The Bertz CT molecular complexity index is 1420. The number of amidine groups is 1. The van der Waals surface area contributed by atoms with Gasteiger partial charge in [-0.05, 0) is 25.3 Å². The first-order valence-corrected chi connectivity index (χ1v) is 13.4. The molecule has 2 aliphatic heterocycles. The van der Waals surface area contributed by atoms with Gasteiger partial charge in [0.2, 0.25) is 0 Å². The molecular formula is C27H29ClN8O3. The van der Waals surface area contributed by atoms with Gasteiger partial charge in [-0.25, -0.2) is 14.8 Å². The van der Waals surface area contributed by atoms with Gasteiger partial charge < -0.3 is 15.2 Å². The van der Waals surface area contributed by atoms with Gasteiger partial charge in [-0.3, -0.25) is 26.1 Å². The lowest BCUT2D eigenvalue weighted by Crippen LogP contribution is -2.53. The van der Waals surface area contributed by atoms with Crippen LogP contribution in [0.15, 0.2) is 54.2 Å². The van der Waals surface area contributed by atoms with Gasteiger partial charge in [-0.2, -0.15) is 0 Å². The second-order valence-corrected chi connectivity index (χ2v) is 10.6. The summed E-state index contributed by atoms with van der Waals surface area (Å²) < 4.78 is 6.44. The van der Waals surface area contributed by atoms with Crippen LogP contribution in [-0.4, -0.2) is 56.2 Å². The third kappa shape index (κ3) is 4.78.